The van der Waals surface area contributed by atoms with Crippen molar-refractivity contribution in [2.24, 2.45) is 5.92 Å². The van der Waals surface area contributed by atoms with Gasteiger partial charge in [-0.2, -0.15) is 0 Å². The average molecular weight is 381 g/mol. The van der Waals surface area contributed by atoms with Crippen LogP contribution < -0.4 is 15.4 Å². The molecule has 0 bridgehead atoms. The van der Waals surface area contributed by atoms with E-state index in [1.54, 1.807) is 18.1 Å². The second-order valence-electron chi connectivity index (χ2n) is 7.26. The second kappa shape index (κ2) is 8.78. The molecule has 1 aliphatic rings. The minimum Gasteiger partial charge on any atom is -0.497 e. The van der Waals surface area contributed by atoms with Crippen LogP contribution in [0.3, 0.4) is 0 Å². The Kier molecular flexibility index (Phi) is 6.19. The van der Waals surface area contributed by atoms with E-state index in [-0.39, 0.29) is 30.4 Å². The predicted octanol–water partition coefficient (Wildman–Crippen LogP) is 2.90. The molecule has 1 aliphatic heterocycles. The van der Waals surface area contributed by atoms with Crippen LogP contribution in [0.25, 0.3) is 0 Å². The van der Waals surface area contributed by atoms with Gasteiger partial charge in [-0.25, -0.2) is 0 Å². The van der Waals surface area contributed by atoms with Crippen LogP contribution in [0.1, 0.15) is 29.8 Å². The normalized spacial score (nSPS) is 15.8. The number of carbonyl (C=O) groups excluding carboxylic acids is 2. The molecule has 1 heterocycles. The van der Waals surface area contributed by atoms with Crippen molar-refractivity contribution < 1.29 is 14.3 Å². The molecule has 6 heteroatoms. The monoisotopic (exact) mass is 381 g/mol. The number of nitrogens with zero attached hydrogens (tertiary/aromatic N) is 1. The number of anilines is 1. The minimum absolute atomic E-state index is 0.0334. The lowest BCUT2D eigenvalue weighted by atomic mass is 10.0. The fourth-order valence-electron chi connectivity index (χ4n) is 3.36. The third-order valence-corrected chi connectivity index (χ3v) is 4.90. The van der Waals surface area contributed by atoms with Crippen LogP contribution in [0.4, 0.5) is 5.69 Å². The predicted molar refractivity (Wildman–Crippen MR) is 109 cm³/mol. The fraction of sp³-hybridized carbons (Fsp3) is 0.364. The van der Waals surface area contributed by atoms with E-state index >= 15 is 0 Å². The molecule has 0 saturated carbocycles. The van der Waals surface area contributed by atoms with Gasteiger partial charge in [-0.05, 0) is 42.2 Å². The molecule has 3 rings (SSSR count). The van der Waals surface area contributed by atoms with Gasteiger partial charge in [0.2, 0.25) is 5.91 Å². The molecule has 0 spiro atoms. The summed E-state index contributed by atoms with van der Waals surface area (Å²) >= 11 is 0. The van der Waals surface area contributed by atoms with Crippen molar-refractivity contribution in [1.82, 2.24) is 10.2 Å². The van der Waals surface area contributed by atoms with Crippen molar-refractivity contribution in [2.75, 3.05) is 25.5 Å². The van der Waals surface area contributed by atoms with Crippen molar-refractivity contribution in [2.45, 2.75) is 26.4 Å². The number of rotatable bonds is 7. The Balaban J connectivity index is 1.59. The summed E-state index contributed by atoms with van der Waals surface area (Å²) in [7, 11) is 1.63. The zero-order chi connectivity index (χ0) is 20.1. The quantitative estimate of drug-likeness (QED) is 0.774. The number of fused-ring (bicyclic) bond motifs is 1. The van der Waals surface area contributed by atoms with Crippen LogP contribution in [0.2, 0.25) is 0 Å². The maximum Gasteiger partial charge on any atom is 0.258 e. The molecule has 0 fully saturated rings. The highest BCUT2D eigenvalue weighted by atomic mass is 16.5. The molecule has 0 unspecified atom stereocenters. The number of benzene rings is 2. The highest BCUT2D eigenvalue weighted by Gasteiger charge is 2.34. The maximum atomic E-state index is 12.9. The van der Waals surface area contributed by atoms with Crippen LogP contribution in [0.5, 0.6) is 5.75 Å². The lowest BCUT2D eigenvalue weighted by Gasteiger charge is -2.39. The van der Waals surface area contributed by atoms with E-state index < -0.39 is 0 Å². The van der Waals surface area contributed by atoms with Crippen molar-refractivity contribution in [3.8, 4) is 5.75 Å². The first kappa shape index (κ1) is 19.7. The molecule has 0 aliphatic carbocycles. The molecule has 0 saturated heterocycles. The first-order valence-electron chi connectivity index (χ1n) is 9.55. The Hall–Kier alpha value is -3.02. The van der Waals surface area contributed by atoms with Gasteiger partial charge in [-0.3, -0.25) is 9.59 Å². The van der Waals surface area contributed by atoms with E-state index in [1.807, 2.05) is 56.3 Å². The molecule has 0 aromatic heterocycles. The average Bonchev–Trinajstić information content (AvgIpc) is 2.70. The molecule has 2 aromatic carbocycles. The lowest BCUT2D eigenvalue weighted by molar-refractivity contribution is -0.122. The van der Waals surface area contributed by atoms with Gasteiger partial charge in [0.25, 0.3) is 5.91 Å². The molecule has 6 nitrogen and oxygen atoms in total. The number of nitrogens with one attached hydrogen (secondary N) is 2. The largest absolute Gasteiger partial charge is 0.497 e. The smallest absolute Gasteiger partial charge is 0.258 e. The van der Waals surface area contributed by atoms with Gasteiger partial charge in [0.05, 0.1) is 12.7 Å². The Morgan fingerprint density at radius 2 is 1.89 bits per heavy atom. The number of ether oxygens (including phenoxy) is 1. The van der Waals surface area contributed by atoms with Gasteiger partial charge < -0.3 is 20.3 Å². The summed E-state index contributed by atoms with van der Waals surface area (Å²) in [6, 6.07) is 15.2. The molecular weight excluding hydrogens is 354 g/mol. The standard InChI is InChI=1S/C22H27N3O3/c1-15(2)21-24-19-7-5-4-6-18(19)22(27)25(21)14-20(26)23-13-12-16-8-10-17(28-3)11-9-16/h4-11,15,21,24H,12-14H2,1-3H3,(H,23,26)/t21-/m0/s1. The third-order valence-electron chi connectivity index (χ3n) is 4.90. The third kappa shape index (κ3) is 4.44. The van der Waals surface area contributed by atoms with Gasteiger partial charge in [0.1, 0.15) is 18.5 Å². The molecule has 28 heavy (non-hydrogen) atoms. The highest BCUT2D eigenvalue weighted by Crippen LogP contribution is 2.27. The first-order chi connectivity index (χ1) is 13.5. The van der Waals surface area contributed by atoms with E-state index in [2.05, 4.69) is 10.6 Å². The van der Waals surface area contributed by atoms with Crippen molar-refractivity contribution in [1.29, 1.82) is 0 Å². The Labute approximate surface area is 165 Å². The zero-order valence-corrected chi connectivity index (χ0v) is 16.6. The Bertz CT molecular complexity index is 833. The molecular formula is C22H27N3O3. The van der Waals surface area contributed by atoms with E-state index in [1.165, 1.54) is 0 Å². The van der Waals surface area contributed by atoms with E-state index in [0.29, 0.717) is 12.1 Å². The molecule has 0 radical (unpaired) electrons. The summed E-state index contributed by atoms with van der Waals surface area (Å²) in [5.74, 6) is 0.709. The van der Waals surface area contributed by atoms with Crippen molar-refractivity contribution in [3.05, 3.63) is 59.7 Å². The Morgan fingerprint density at radius 3 is 2.57 bits per heavy atom. The highest BCUT2D eigenvalue weighted by molar-refractivity contribution is 6.03. The van der Waals surface area contributed by atoms with Gasteiger partial charge in [0.15, 0.2) is 0 Å². The van der Waals surface area contributed by atoms with Gasteiger partial charge in [0, 0.05) is 12.2 Å². The topological polar surface area (TPSA) is 70.7 Å². The number of amides is 2. The van der Waals surface area contributed by atoms with Crippen LogP contribution in [0, 0.1) is 5.92 Å². The summed E-state index contributed by atoms with van der Waals surface area (Å²) in [6.45, 7) is 4.62. The summed E-state index contributed by atoms with van der Waals surface area (Å²) in [5, 5.41) is 6.31. The number of hydrogen-bond acceptors (Lipinski definition) is 4. The van der Waals surface area contributed by atoms with Crippen LogP contribution >= 0.6 is 0 Å². The zero-order valence-electron chi connectivity index (χ0n) is 16.6. The summed E-state index contributed by atoms with van der Waals surface area (Å²) < 4.78 is 5.15. The van der Waals surface area contributed by atoms with Gasteiger partial charge in [-0.15, -0.1) is 0 Å². The maximum absolute atomic E-state index is 12.9. The molecule has 2 N–H and O–H groups in total. The summed E-state index contributed by atoms with van der Waals surface area (Å²) in [5.41, 5.74) is 2.54. The molecule has 148 valence electrons. The van der Waals surface area contributed by atoms with Gasteiger partial charge >= 0.3 is 0 Å². The van der Waals surface area contributed by atoms with Crippen molar-refractivity contribution >= 4 is 17.5 Å². The number of para-hydroxylation sites is 1. The minimum atomic E-state index is -0.213. The first-order valence-corrected chi connectivity index (χ1v) is 9.55. The van der Waals surface area contributed by atoms with Crippen molar-refractivity contribution in [3.63, 3.8) is 0 Å². The SMILES string of the molecule is COc1ccc(CCNC(=O)CN2C(=O)c3ccccc3N[C@@H]2C(C)C)cc1. The van der Waals surface area contributed by atoms with Gasteiger partial charge in [-0.1, -0.05) is 38.1 Å². The number of methoxy groups -OCH3 is 1. The summed E-state index contributed by atoms with van der Waals surface area (Å²) in [4.78, 5) is 27.0. The number of carbonyl (C=O) groups is 2. The molecule has 2 aromatic rings. The fourth-order valence-corrected chi connectivity index (χ4v) is 3.36. The van der Waals surface area contributed by atoms with E-state index in [4.69, 9.17) is 4.74 Å². The number of hydrogen-bond donors (Lipinski definition) is 2. The molecule has 2 amide bonds. The second-order valence-corrected chi connectivity index (χ2v) is 7.26. The van der Waals surface area contributed by atoms with E-state index in [9.17, 15) is 9.59 Å². The Morgan fingerprint density at radius 1 is 1.18 bits per heavy atom. The van der Waals surface area contributed by atoms with Crippen LogP contribution in [0.15, 0.2) is 48.5 Å². The van der Waals surface area contributed by atoms with Crippen LogP contribution in [-0.2, 0) is 11.2 Å². The van der Waals surface area contributed by atoms with Crippen LogP contribution in [-0.4, -0.2) is 43.1 Å². The van der Waals surface area contributed by atoms with E-state index in [0.717, 1.165) is 23.4 Å². The molecule has 1 atom stereocenters. The lowest BCUT2D eigenvalue weighted by Crippen LogP contribution is -2.54. The summed E-state index contributed by atoms with van der Waals surface area (Å²) in [6.07, 6.45) is 0.507.